The van der Waals surface area contributed by atoms with Crippen LogP contribution < -0.4 is 11.1 Å². The van der Waals surface area contributed by atoms with Crippen LogP contribution >= 0.6 is 0 Å². The highest BCUT2D eigenvalue weighted by Crippen LogP contribution is 2.17. The van der Waals surface area contributed by atoms with Crippen LogP contribution in [0.3, 0.4) is 0 Å². The molecule has 2 unspecified atom stereocenters. The molecule has 4 nitrogen and oxygen atoms in total. The second-order valence-electron chi connectivity index (χ2n) is 4.01. The number of rotatable bonds is 2. The summed E-state index contributed by atoms with van der Waals surface area (Å²) in [7, 11) is 0. The molecule has 15 heavy (non-hydrogen) atoms. The van der Waals surface area contributed by atoms with Crippen LogP contribution in [0.15, 0.2) is 22.8 Å². The van der Waals surface area contributed by atoms with Crippen molar-refractivity contribution in [2.45, 2.75) is 37.8 Å². The van der Waals surface area contributed by atoms with Gasteiger partial charge in [0.2, 0.25) is 0 Å². The third-order valence-corrected chi connectivity index (χ3v) is 2.88. The molecular formula is C11H16N2O2. The predicted molar refractivity (Wildman–Crippen MR) is 56.4 cm³/mol. The Balaban J connectivity index is 1.93. The Hall–Kier alpha value is -1.29. The molecule has 1 aliphatic rings. The molecular weight excluding hydrogens is 192 g/mol. The van der Waals surface area contributed by atoms with E-state index in [1.165, 1.54) is 6.26 Å². The van der Waals surface area contributed by atoms with Crippen molar-refractivity contribution in [2.75, 3.05) is 0 Å². The van der Waals surface area contributed by atoms with E-state index in [-0.39, 0.29) is 18.0 Å². The molecule has 1 heterocycles. The lowest BCUT2D eigenvalue weighted by atomic mass is 9.91. The summed E-state index contributed by atoms with van der Waals surface area (Å²) in [6, 6.07) is 3.54. The van der Waals surface area contributed by atoms with Crippen LogP contribution in [0.4, 0.5) is 0 Å². The summed E-state index contributed by atoms with van der Waals surface area (Å²) in [4.78, 5) is 11.7. The molecule has 1 saturated carbocycles. The Morgan fingerprint density at radius 2 is 2.27 bits per heavy atom. The minimum absolute atomic E-state index is 0.0812. The van der Waals surface area contributed by atoms with E-state index in [0.717, 1.165) is 25.7 Å². The summed E-state index contributed by atoms with van der Waals surface area (Å²) < 4.78 is 5.02. The van der Waals surface area contributed by atoms with Crippen LogP contribution in [-0.4, -0.2) is 18.0 Å². The van der Waals surface area contributed by atoms with Crippen molar-refractivity contribution < 1.29 is 9.21 Å². The number of hydrogen-bond acceptors (Lipinski definition) is 3. The molecule has 1 aliphatic carbocycles. The second-order valence-corrected chi connectivity index (χ2v) is 4.01. The Bertz CT molecular complexity index is 321. The molecule has 0 saturated heterocycles. The molecule has 1 amide bonds. The fourth-order valence-electron chi connectivity index (χ4n) is 1.99. The molecule has 1 aromatic rings. The number of carbonyl (C=O) groups excluding carboxylic acids is 1. The number of nitrogens with two attached hydrogens (primary N) is 1. The zero-order valence-electron chi connectivity index (χ0n) is 8.61. The number of nitrogens with one attached hydrogen (secondary N) is 1. The minimum Gasteiger partial charge on any atom is -0.459 e. The quantitative estimate of drug-likeness (QED) is 0.769. The van der Waals surface area contributed by atoms with E-state index in [0.29, 0.717) is 5.76 Å². The van der Waals surface area contributed by atoms with Gasteiger partial charge in [-0.15, -0.1) is 0 Å². The van der Waals surface area contributed by atoms with Gasteiger partial charge in [-0.2, -0.15) is 0 Å². The van der Waals surface area contributed by atoms with Gasteiger partial charge < -0.3 is 15.5 Å². The first-order valence-electron chi connectivity index (χ1n) is 5.37. The standard InChI is InChI=1S/C11H16N2O2/c12-8-4-1-2-5-9(8)13-11(14)10-6-3-7-15-10/h3,6-9H,1-2,4-5,12H2,(H,13,14). The molecule has 0 spiro atoms. The molecule has 82 valence electrons. The first kappa shape index (κ1) is 10.2. The van der Waals surface area contributed by atoms with Crippen molar-refractivity contribution in [3.8, 4) is 0 Å². The molecule has 2 rings (SSSR count). The molecule has 0 radical (unpaired) electrons. The van der Waals surface area contributed by atoms with E-state index in [9.17, 15) is 4.79 Å². The largest absolute Gasteiger partial charge is 0.459 e. The van der Waals surface area contributed by atoms with Gasteiger partial charge in [0.25, 0.3) is 5.91 Å². The van der Waals surface area contributed by atoms with E-state index in [1.54, 1.807) is 12.1 Å². The van der Waals surface area contributed by atoms with Crippen molar-refractivity contribution in [3.05, 3.63) is 24.2 Å². The predicted octanol–water partition coefficient (Wildman–Crippen LogP) is 1.28. The summed E-state index contributed by atoms with van der Waals surface area (Å²) in [6.45, 7) is 0. The van der Waals surface area contributed by atoms with Crippen LogP contribution in [0.2, 0.25) is 0 Å². The van der Waals surface area contributed by atoms with Crippen molar-refractivity contribution in [1.29, 1.82) is 0 Å². The van der Waals surface area contributed by atoms with Crippen LogP contribution in [-0.2, 0) is 0 Å². The van der Waals surface area contributed by atoms with E-state index in [4.69, 9.17) is 10.2 Å². The SMILES string of the molecule is NC1CCCCC1NC(=O)c1ccco1. The minimum atomic E-state index is -0.164. The number of carbonyl (C=O) groups is 1. The molecule has 1 aromatic heterocycles. The maximum Gasteiger partial charge on any atom is 0.287 e. The van der Waals surface area contributed by atoms with Crippen molar-refractivity contribution in [2.24, 2.45) is 5.73 Å². The van der Waals surface area contributed by atoms with Crippen LogP contribution in [0.25, 0.3) is 0 Å². The Kier molecular flexibility index (Phi) is 3.06. The topological polar surface area (TPSA) is 68.3 Å². The van der Waals surface area contributed by atoms with E-state index in [2.05, 4.69) is 5.32 Å². The zero-order valence-corrected chi connectivity index (χ0v) is 8.61. The lowest BCUT2D eigenvalue weighted by Gasteiger charge is -2.28. The molecule has 0 aliphatic heterocycles. The first-order valence-corrected chi connectivity index (χ1v) is 5.37. The maximum atomic E-state index is 11.7. The highest BCUT2D eigenvalue weighted by atomic mass is 16.3. The Morgan fingerprint density at radius 3 is 2.93 bits per heavy atom. The monoisotopic (exact) mass is 208 g/mol. The molecule has 0 aromatic carbocycles. The number of amides is 1. The molecule has 1 fully saturated rings. The molecule has 4 heteroatoms. The van der Waals surface area contributed by atoms with E-state index >= 15 is 0 Å². The smallest absolute Gasteiger partial charge is 0.287 e. The summed E-state index contributed by atoms with van der Waals surface area (Å²) in [5.41, 5.74) is 5.94. The van der Waals surface area contributed by atoms with Gasteiger partial charge in [-0.1, -0.05) is 12.8 Å². The van der Waals surface area contributed by atoms with Crippen LogP contribution in [0, 0.1) is 0 Å². The van der Waals surface area contributed by atoms with Gasteiger partial charge in [-0.25, -0.2) is 0 Å². The molecule has 3 N–H and O–H groups in total. The molecule has 0 bridgehead atoms. The summed E-state index contributed by atoms with van der Waals surface area (Å²) in [6.07, 6.45) is 5.75. The normalized spacial score (nSPS) is 26.2. The summed E-state index contributed by atoms with van der Waals surface area (Å²) in [5, 5.41) is 2.91. The van der Waals surface area contributed by atoms with E-state index < -0.39 is 0 Å². The van der Waals surface area contributed by atoms with Gasteiger partial charge in [0, 0.05) is 12.1 Å². The first-order chi connectivity index (χ1) is 7.27. The summed E-state index contributed by atoms with van der Waals surface area (Å²) in [5.74, 6) is 0.190. The van der Waals surface area contributed by atoms with Gasteiger partial charge in [0.1, 0.15) is 0 Å². The average Bonchev–Trinajstić information content (AvgIpc) is 2.74. The maximum absolute atomic E-state index is 11.7. The lowest BCUT2D eigenvalue weighted by Crippen LogP contribution is -2.49. The van der Waals surface area contributed by atoms with E-state index in [1.807, 2.05) is 0 Å². The van der Waals surface area contributed by atoms with Gasteiger partial charge >= 0.3 is 0 Å². The molecule has 2 atom stereocenters. The second kappa shape index (κ2) is 4.49. The number of hydrogen-bond donors (Lipinski definition) is 2. The zero-order chi connectivity index (χ0) is 10.7. The van der Waals surface area contributed by atoms with Crippen molar-refractivity contribution in [3.63, 3.8) is 0 Å². The number of furan rings is 1. The van der Waals surface area contributed by atoms with Gasteiger partial charge in [0.15, 0.2) is 5.76 Å². The van der Waals surface area contributed by atoms with Crippen molar-refractivity contribution in [1.82, 2.24) is 5.32 Å². The van der Waals surface area contributed by atoms with Crippen LogP contribution in [0.1, 0.15) is 36.2 Å². The van der Waals surface area contributed by atoms with Gasteiger partial charge in [0.05, 0.1) is 6.26 Å². The Morgan fingerprint density at radius 1 is 1.47 bits per heavy atom. The Labute approximate surface area is 88.8 Å². The van der Waals surface area contributed by atoms with Gasteiger partial charge in [-0.3, -0.25) is 4.79 Å². The van der Waals surface area contributed by atoms with Crippen LogP contribution in [0.5, 0.6) is 0 Å². The average molecular weight is 208 g/mol. The fourth-order valence-corrected chi connectivity index (χ4v) is 1.99. The third-order valence-electron chi connectivity index (χ3n) is 2.88. The fraction of sp³-hybridized carbons (Fsp3) is 0.545. The highest BCUT2D eigenvalue weighted by Gasteiger charge is 2.24. The van der Waals surface area contributed by atoms with Gasteiger partial charge in [-0.05, 0) is 25.0 Å². The third kappa shape index (κ3) is 2.39. The van der Waals surface area contributed by atoms with Crippen molar-refractivity contribution >= 4 is 5.91 Å². The highest BCUT2D eigenvalue weighted by molar-refractivity contribution is 5.91. The summed E-state index contributed by atoms with van der Waals surface area (Å²) >= 11 is 0. The lowest BCUT2D eigenvalue weighted by molar-refractivity contribution is 0.0893.